The lowest BCUT2D eigenvalue weighted by atomic mass is 9.82. The smallest absolute Gasteiger partial charge is 0.136 e. The summed E-state index contributed by atoms with van der Waals surface area (Å²) < 4.78 is 9.03. The van der Waals surface area contributed by atoms with Crippen LogP contribution in [0.3, 0.4) is 0 Å². The Hall–Kier alpha value is -5.34. The SMILES string of the molecule is CC1(C)c2ccccc2-c2ccc(-n3c4cc5c(cc4c4c6ccccc6ccc43)oc3ccc4ccccc4c35)cc21. The van der Waals surface area contributed by atoms with Gasteiger partial charge in [0.25, 0.3) is 0 Å². The first-order valence-electron chi connectivity index (χ1n) is 15.0. The van der Waals surface area contributed by atoms with Gasteiger partial charge in [-0.3, -0.25) is 0 Å². The Balaban J connectivity index is 1.36. The topological polar surface area (TPSA) is 18.1 Å². The molecule has 202 valence electrons. The van der Waals surface area contributed by atoms with Crippen LogP contribution in [-0.2, 0) is 5.41 Å². The van der Waals surface area contributed by atoms with Crippen LogP contribution >= 0.6 is 0 Å². The van der Waals surface area contributed by atoms with Gasteiger partial charge in [-0.05, 0) is 80.2 Å². The number of fused-ring (bicyclic) bond motifs is 13. The lowest BCUT2D eigenvalue weighted by Gasteiger charge is -2.22. The van der Waals surface area contributed by atoms with E-state index in [1.807, 2.05) is 0 Å². The van der Waals surface area contributed by atoms with Crippen molar-refractivity contribution in [2.75, 3.05) is 0 Å². The molecule has 0 atom stereocenters. The number of benzene rings is 7. The summed E-state index contributed by atoms with van der Waals surface area (Å²) in [5.74, 6) is 0. The van der Waals surface area contributed by atoms with Gasteiger partial charge in [0.05, 0.1) is 11.0 Å². The molecule has 2 heterocycles. The van der Waals surface area contributed by atoms with Crippen LogP contribution in [0.2, 0.25) is 0 Å². The molecule has 0 N–H and O–H groups in total. The summed E-state index contributed by atoms with van der Waals surface area (Å²) in [5, 5.41) is 9.78. The molecule has 2 aromatic heterocycles. The Labute approximate surface area is 248 Å². The molecule has 1 aliphatic rings. The predicted octanol–water partition coefficient (Wildman–Crippen LogP) is 11.3. The number of hydrogen-bond donors (Lipinski definition) is 0. The zero-order valence-electron chi connectivity index (χ0n) is 24.0. The van der Waals surface area contributed by atoms with Gasteiger partial charge in [0.15, 0.2) is 0 Å². The molecule has 0 unspecified atom stereocenters. The van der Waals surface area contributed by atoms with Crippen molar-refractivity contribution in [1.82, 2.24) is 4.57 Å². The summed E-state index contributed by atoms with van der Waals surface area (Å²) in [6.45, 7) is 4.71. The second kappa shape index (κ2) is 7.93. The molecule has 0 fully saturated rings. The van der Waals surface area contributed by atoms with Crippen molar-refractivity contribution in [2.24, 2.45) is 0 Å². The van der Waals surface area contributed by atoms with Crippen molar-refractivity contribution in [1.29, 1.82) is 0 Å². The van der Waals surface area contributed by atoms with Gasteiger partial charge in [-0.15, -0.1) is 0 Å². The van der Waals surface area contributed by atoms with Gasteiger partial charge in [-0.25, -0.2) is 0 Å². The summed E-state index contributed by atoms with van der Waals surface area (Å²) in [7, 11) is 0. The van der Waals surface area contributed by atoms with E-state index in [2.05, 4.69) is 146 Å². The zero-order valence-corrected chi connectivity index (χ0v) is 24.0. The highest BCUT2D eigenvalue weighted by Crippen LogP contribution is 2.50. The fourth-order valence-electron chi connectivity index (χ4n) is 7.94. The maximum absolute atomic E-state index is 6.56. The van der Waals surface area contributed by atoms with Crippen LogP contribution < -0.4 is 0 Å². The van der Waals surface area contributed by atoms with Crippen molar-refractivity contribution in [3.63, 3.8) is 0 Å². The highest BCUT2D eigenvalue weighted by molar-refractivity contribution is 6.26. The van der Waals surface area contributed by atoms with E-state index in [4.69, 9.17) is 4.42 Å². The summed E-state index contributed by atoms with van der Waals surface area (Å²) in [6, 6.07) is 46.7. The highest BCUT2D eigenvalue weighted by Gasteiger charge is 2.35. The third kappa shape index (κ3) is 2.93. The number of nitrogens with zero attached hydrogens (tertiary/aromatic N) is 1. The molecule has 0 saturated carbocycles. The highest BCUT2D eigenvalue weighted by atomic mass is 16.3. The van der Waals surface area contributed by atoms with E-state index in [0.29, 0.717) is 0 Å². The minimum atomic E-state index is -0.0691. The normalized spacial score (nSPS) is 14.0. The van der Waals surface area contributed by atoms with Crippen LogP contribution in [0.4, 0.5) is 0 Å². The maximum Gasteiger partial charge on any atom is 0.136 e. The molecule has 0 amide bonds. The molecule has 0 radical (unpaired) electrons. The van der Waals surface area contributed by atoms with E-state index in [1.54, 1.807) is 0 Å². The lowest BCUT2D eigenvalue weighted by molar-refractivity contribution is 0.660. The first-order chi connectivity index (χ1) is 21.1. The Morgan fingerprint density at radius 2 is 1.19 bits per heavy atom. The molecule has 0 aliphatic heterocycles. The van der Waals surface area contributed by atoms with E-state index in [-0.39, 0.29) is 5.41 Å². The molecular formula is C41H27NO. The second-order valence-corrected chi connectivity index (χ2v) is 12.5. The van der Waals surface area contributed by atoms with Gasteiger partial charge in [-0.1, -0.05) is 105 Å². The van der Waals surface area contributed by atoms with Gasteiger partial charge >= 0.3 is 0 Å². The Morgan fingerprint density at radius 3 is 2.02 bits per heavy atom. The fraction of sp³-hybridized carbons (Fsp3) is 0.0732. The molecule has 0 spiro atoms. The van der Waals surface area contributed by atoms with Crippen molar-refractivity contribution in [3.8, 4) is 16.8 Å². The first kappa shape index (κ1) is 23.2. The van der Waals surface area contributed by atoms with Crippen LogP contribution in [0.1, 0.15) is 25.0 Å². The monoisotopic (exact) mass is 549 g/mol. The molecule has 2 heteroatoms. The van der Waals surface area contributed by atoms with Gasteiger partial charge in [0.1, 0.15) is 11.2 Å². The molecule has 43 heavy (non-hydrogen) atoms. The van der Waals surface area contributed by atoms with Crippen LogP contribution in [0.5, 0.6) is 0 Å². The summed E-state index contributed by atoms with van der Waals surface area (Å²) in [5.41, 5.74) is 10.8. The molecule has 1 aliphatic carbocycles. The second-order valence-electron chi connectivity index (χ2n) is 12.5. The van der Waals surface area contributed by atoms with Gasteiger partial charge < -0.3 is 8.98 Å². The van der Waals surface area contributed by atoms with E-state index in [0.717, 1.165) is 16.6 Å². The quantitative estimate of drug-likeness (QED) is 0.199. The maximum atomic E-state index is 6.56. The van der Waals surface area contributed by atoms with Crippen molar-refractivity contribution >= 4 is 65.3 Å². The minimum absolute atomic E-state index is 0.0691. The summed E-state index contributed by atoms with van der Waals surface area (Å²) in [4.78, 5) is 0. The average Bonchev–Trinajstić information content (AvgIpc) is 3.65. The van der Waals surface area contributed by atoms with E-state index < -0.39 is 0 Å². The van der Waals surface area contributed by atoms with Gasteiger partial charge in [-0.2, -0.15) is 0 Å². The van der Waals surface area contributed by atoms with Crippen molar-refractivity contribution < 1.29 is 4.42 Å². The number of rotatable bonds is 1. The predicted molar refractivity (Wildman–Crippen MR) is 181 cm³/mol. The Kier molecular flexibility index (Phi) is 4.29. The Bertz CT molecular complexity index is 2650. The largest absolute Gasteiger partial charge is 0.456 e. The Morgan fingerprint density at radius 1 is 0.488 bits per heavy atom. The van der Waals surface area contributed by atoms with Crippen LogP contribution in [-0.4, -0.2) is 4.57 Å². The van der Waals surface area contributed by atoms with Crippen LogP contribution in [0, 0.1) is 0 Å². The number of furan rings is 1. The van der Waals surface area contributed by atoms with Gasteiger partial charge in [0.2, 0.25) is 0 Å². The number of aromatic nitrogens is 1. The molecule has 9 aromatic rings. The van der Waals surface area contributed by atoms with Crippen LogP contribution in [0.25, 0.3) is 82.1 Å². The summed E-state index contributed by atoms with van der Waals surface area (Å²) in [6.07, 6.45) is 0. The average molecular weight is 550 g/mol. The third-order valence-electron chi connectivity index (χ3n) is 9.96. The minimum Gasteiger partial charge on any atom is -0.456 e. The zero-order chi connectivity index (χ0) is 28.4. The first-order valence-corrected chi connectivity index (χ1v) is 15.0. The third-order valence-corrected chi connectivity index (χ3v) is 9.96. The molecular weight excluding hydrogens is 522 g/mol. The van der Waals surface area contributed by atoms with Crippen molar-refractivity contribution in [3.05, 3.63) is 139 Å². The molecule has 2 nitrogen and oxygen atoms in total. The van der Waals surface area contributed by atoms with Crippen molar-refractivity contribution in [2.45, 2.75) is 19.3 Å². The van der Waals surface area contributed by atoms with E-state index >= 15 is 0 Å². The lowest BCUT2D eigenvalue weighted by Crippen LogP contribution is -2.15. The number of hydrogen-bond acceptors (Lipinski definition) is 1. The van der Waals surface area contributed by atoms with Gasteiger partial charge in [0, 0.05) is 32.6 Å². The van der Waals surface area contributed by atoms with E-state index in [9.17, 15) is 0 Å². The fourth-order valence-corrected chi connectivity index (χ4v) is 7.94. The molecule has 0 saturated heterocycles. The molecule has 7 aromatic carbocycles. The van der Waals surface area contributed by atoms with Crippen LogP contribution in [0.15, 0.2) is 132 Å². The van der Waals surface area contributed by atoms with E-state index in [1.165, 1.54) is 76.7 Å². The summed E-state index contributed by atoms with van der Waals surface area (Å²) >= 11 is 0. The molecule has 0 bridgehead atoms. The standard InChI is InChI=1S/C41H27NO/c1-41(2)33-14-8-7-13-29(33)30-18-17-26(21-34(30)41)42-35-19-15-24-9-3-5-11-27(24)39(35)31-23-38-32(22-36(31)42)40-28-12-6-4-10-25(28)16-20-37(40)43-38/h3-23H,1-2H3. The molecule has 10 rings (SSSR count).